The Morgan fingerprint density at radius 2 is 1.52 bits per heavy atom. The van der Waals surface area contributed by atoms with Crippen molar-refractivity contribution in [3.63, 3.8) is 0 Å². The molecule has 0 bridgehead atoms. The Labute approximate surface area is 150 Å². The number of nitrogens with zero attached hydrogens (tertiary/aromatic N) is 1. The van der Waals surface area contributed by atoms with E-state index in [1.54, 1.807) is 0 Å². The van der Waals surface area contributed by atoms with Crippen LogP contribution in [0.2, 0.25) is 0 Å². The Morgan fingerprint density at radius 3 is 2.08 bits per heavy atom. The quantitative estimate of drug-likeness (QED) is 0.755. The van der Waals surface area contributed by atoms with Gasteiger partial charge in [0, 0.05) is 25.3 Å². The molecule has 0 spiro atoms. The highest BCUT2D eigenvalue weighted by Crippen LogP contribution is 2.15. The molecule has 0 aliphatic carbocycles. The number of benzene rings is 2. The van der Waals surface area contributed by atoms with Gasteiger partial charge < -0.3 is 15.0 Å². The second kappa shape index (κ2) is 9.72. The van der Waals surface area contributed by atoms with Crippen LogP contribution in [0.3, 0.4) is 0 Å². The summed E-state index contributed by atoms with van der Waals surface area (Å²) in [6.07, 6.45) is 0.994. The van der Waals surface area contributed by atoms with E-state index in [-0.39, 0.29) is 12.5 Å². The molecule has 2 aromatic carbocycles. The van der Waals surface area contributed by atoms with E-state index >= 15 is 0 Å². The highest BCUT2D eigenvalue weighted by atomic mass is 16.5. The van der Waals surface area contributed by atoms with E-state index in [9.17, 15) is 4.79 Å². The van der Waals surface area contributed by atoms with Crippen LogP contribution in [-0.4, -0.2) is 25.6 Å². The normalized spacial score (nSPS) is 10.4. The average Bonchev–Trinajstić information content (AvgIpc) is 2.67. The first-order chi connectivity index (χ1) is 12.2. The van der Waals surface area contributed by atoms with E-state index in [0.29, 0.717) is 6.54 Å². The summed E-state index contributed by atoms with van der Waals surface area (Å²) in [4.78, 5) is 14.2. The van der Waals surface area contributed by atoms with Crippen molar-refractivity contribution in [1.82, 2.24) is 5.32 Å². The molecule has 0 saturated carbocycles. The molecule has 0 radical (unpaired) electrons. The molecule has 2 aromatic rings. The lowest BCUT2D eigenvalue weighted by molar-refractivity contribution is -0.123. The first-order valence-corrected chi connectivity index (χ1v) is 8.98. The molecule has 0 atom stereocenters. The molecule has 2 rings (SSSR count). The number of nitrogens with one attached hydrogen (secondary N) is 1. The van der Waals surface area contributed by atoms with Crippen LogP contribution >= 0.6 is 0 Å². The van der Waals surface area contributed by atoms with Gasteiger partial charge >= 0.3 is 0 Å². The number of carbonyl (C=O) groups excluding carboxylic acids is 1. The van der Waals surface area contributed by atoms with Crippen molar-refractivity contribution in [1.29, 1.82) is 0 Å². The van der Waals surface area contributed by atoms with Crippen LogP contribution in [0.5, 0.6) is 5.75 Å². The van der Waals surface area contributed by atoms with E-state index in [2.05, 4.69) is 55.3 Å². The van der Waals surface area contributed by atoms with E-state index < -0.39 is 0 Å². The van der Waals surface area contributed by atoms with Crippen LogP contribution in [0.1, 0.15) is 31.9 Å². The fraction of sp³-hybridized carbons (Fsp3) is 0.381. The van der Waals surface area contributed by atoms with Gasteiger partial charge in [-0.3, -0.25) is 4.79 Å². The molecule has 0 aliphatic rings. The maximum atomic E-state index is 11.9. The topological polar surface area (TPSA) is 41.6 Å². The minimum absolute atomic E-state index is 0.0308. The number of hydrogen-bond acceptors (Lipinski definition) is 3. The third kappa shape index (κ3) is 5.82. The summed E-state index contributed by atoms with van der Waals surface area (Å²) in [6.45, 7) is 8.92. The van der Waals surface area contributed by atoms with E-state index in [4.69, 9.17) is 4.74 Å². The fourth-order valence-electron chi connectivity index (χ4n) is 2.64. The number of ether oxygens (including phenoxy) is 1. The Bertz CT molecular complexity index is 647. The average molecular weight is 340 g/mol. The maximum absolute atomic E-state index is 11.9. The predicted octanol–water partition coefficient (Wildman–Crippen LogP) is 3.79. The lowest BCUT2D eigenvalue weighted by atomic mass is 10.2. The van der Waals surface area contributed by atoms with Gasteiger partial charge in [0.05, 0.1) is 0 Å². The molecular weight excluding hydrogens is 312 g/mol. The van der Waals surface area contributed by atoms with Crippen LogP contribution in [0, 0.1) is 0 Å². The molecule has 0 aromatic heterocycles. The van der Waals surface area contributed by atoms with Gasteiger partial charge in [-0.1, -0.05) is 31.2 Å². The SMILES string of the molecule is CCc1ccc(OCC(=O)NCc2ccc(N(CC)CC)cc2)cc1. The van der Waals surface area contributed by atoms with Crippen molar-refractivity contribution in [3.8, 4) is 5.75 Å². The molecule has 0 fully saturated rings. The summed E-state index contributed by atoms with van der Waals surface area (Å²) >= 11 is 0. The predicted molar refractivity (Wildman–Crippen MR) is 103 cm³/mol. The zero-order valence-electron chi connectivity index (χ0n) is 15.4. The highest BCUT2D eigenvalue weighted by molar-refractivity contribution is 5.77. The van der Waals surface area contributed by atoms with E-state index in [1.165, 1.54) is 11.3 Å². The Balaban J connectivity index is 1.77. The third-order valence-corrected chi connectivity index (χ3v) is 4.26. The van der Waals surface area contributed by atoms with Crippen molar-refractivity contribution < 1.29 is 9.53 Å². The summed E-state index contributed by atoms with van der Waals surface area (Å²) in [5.41, 5.74) is 3.54. The van der Waals surface area contributed by atoms with Crippen molar-refractivity contribution >= 4 is 11.6 Å². The zero-order chi connectivity index (χ0) is 18.1. The summed E-state index contributed by atoms with van der Waals surface area (Å²) < 4.78 is 5.52. The number of carbonyl (C=O) groups is 1. The number of hydrogen-bond donors (Lipinski definition) is 1. The molecule has 0 unspecified atom stereocenters. The van der Waals surface area contributed by atoms with Crippen LogP contribution in [-0.2, 0) is 17.8 Å². The van der Waals surface area contributed by atoms with Crippen LogP contribution in [0.15, 0.2) is 48.5 Å². The first-order valence-electron chi connectivity index (χ1n) is 8.98. The van der Waals surface area contributed by atoms with Gasteiger partial charge in [0.2, 0.25) is 0 Å². The molecule has 4 nitrogen and oxygen atoms in total. The monoisotopic (exact) mass is 340 g/mol. The van der Waals surface area contributed by atoms with Crippen LogP contribution in [0.4, 0.5) is 5.69 Å². The summed E-state index contributed by atoms with van der Waals surface area (Å²) in [5.74, 6) is 0.600. The Hall–Kier alpha value is -2.49. The zero-order valence-corrected chi connectivity index (χ0v) is 15.4. The van der Waals surface area contributed by atoms with Crippen LogP contribution < -0.4 is 15.0 Å². The van der Waals surface area contributed by atoms with E-state index in [0.717, 1.165) is 30.8 Å². The molecule has 0 heterocycles. The van der Waals surface area contributed by atoms with Gasteiger partial charge in [-0.15, -0.1) is 0 Å². The molecule has 25 heavy (non-hydrogen) atoms. The van der Waals surface area contributed by atoms with Crippen LogP contribution in [0.25, 0.3) is 0 Å². The Morgan fingerprint density at radius 1 is 0.920 bits per heavy atom. The number of rotatable bonds is 9. The molecule has 4 heteroatoms. The van der Waals surface area contributed by atoms with Crippen molar-refractivity contribution in [2.24, 2.45) is 0 Å². The maximum Gasteiger partial charge on any atom is 0.258 e. The molecule has 1 amide bonds. The van der Waals surface area contributed by atoms with Crippen molar-refractivity contribution in [3.05, 3.63) is 59.7 Å². The van der Waals surface area contributed by atoms with Gasteiger partial charge in [0.15, 0.2) is 6.61 Å². The molecule has 0 saturated heterocycles. The largest absolute Gasteiger partial charge is 0.484 e. The lowest BCUT2D eigenvalue weighted by Crippen LogP contribution is -2.28. The molecular formula is C21H28N2O2. The standard InChI is InChI=1S/C21H28N2O2/c1-4-17-9-13-20(14-10-17)25-16-21(24)22-15-18-7-11-19(12-8-18)23(5-2)6-3/h7-14H,4-6,15-16H2,1-3H3,(H,22,24). The summed E-state index contributed by atoms with van der Waals surface area (Å²) in [7, 11) is 0. The highest BCUT2D eigenvalue weighted by Gasteiger charge is 2.05. The van der Waals surface area contributed by atoms with Crippen molar-refractivity contribution in [2.45, 2.75) is 33.7 Å². The smallest absolute Gasteiger partial charge is 0.258 e. The first kappa shape index (κ1) is 18.8. The van der Waals surface area contributed by atoms with Gasteiger partial charge in [0.25, 0.3) is 5.91 Å². The second-order valence-electron chi connectivity index (χ2n) is 5.90. The van der Waals surface area contributed by atoms with Gasteiger partial charge in [-0.2, -0.15) is 0 Å². The number of amides is 1. The number of anilines is 1. The third-order valence-electron chi connectivity index (χ3n) is 4.26. The van der Waals surface area contributed by atoms with Gasteiger partial charge in [0.1, 0.15) is 5.75 Å². The van der Waals surface area contributed by atoms with Gasteiger partial charge in [-0.05, 0) is 55.7 Å². The van der Waals surface area contributed by atoms with Crippen molar-refractivity contribution in [2.75, 3.05) is 24.6 Å². The summed E-state index contributed by atoms with van der Waals surface area (Å²) in [5, 5.41) is 2.89. The fourth-order valence-corrected chi connectivity index (χ4v) is 2.64. The second-order valence-corrected chi connectivity index (χ2v) is 5.90. The van der Waals surface area contributed by atoms with Gasteiger partial charge in [-0.25, -0.2) is 0 Å². The lowest BCUT2D eigenvalue weighted by Gasteiger charge is -2.21. The minimum Gasteiger partial charge on any atom is -0.484 e. The molecule has 134 valence electrons. The van der Waals surface area contributed by atoms with E-state index in [1.807, 2.05) is 24.3 Å². The Kier molecular flexibility index (Phi) is 7.33. The summed E-state index contributed by atoms with van der Waals surface area (Å²) in [6, 6.07) is 16.1. The number of aryl methyl sites for hydroxylation is 1. The molecule has 0 aliphatic heterocycles. The molecule has 1 N–H and O–H groups in total. The minimum atomic E-state index is -0.118.